The molecule has 12 heteroatoms. The van der Waals surface area contributed by atoms with Crippen LogP contribution in [0.3, 0.4) is 0 Å². The zero-order valence-electron chi connectivity index (χ0n) is 27.0. The van der Waals surface area contributed by atoms with Gasteiger partial charge >= 0.3 is 6.09 Å². The van der Waals surface area contributed by atoms with Gasteiger partial charge in [0.2, 0.25) is 5.91 Å². The monoisotopic (exact) mass is 643 g/mol. The molecule has 1 aliphatic rings. The maximum atomic E-state index is 13.1. The summed E-state index contributed by atoms with van der Waals surface area (Å²) >= 11 is 0. The maximum absolute atomic E-state index is 13.1. The Hall–Kier alpha value is -4.68. The van der Waals surface area contributed by atoms with E-state index in [1.165, 1.54) is 4.80 Å². The number of nitrogens with one attached hydrogen (secondary N) is 1. The predicted molar refractivity (Wildman–Crippen MR) is 176 cm³/mol. The normalized spacial score (nSPS) is 17.3. The van der Waals surface area contributed by atoms with Crippen molar-refractivity contribution in [1.82, 2.24) is 25.2 Å². The average molecular weight is 644 g/mol. The molecule has 4 aromatic rings. The maximum Gasteiger partial charge on any atom is 0.405 e. The van der Waals surface area contributed by atoms with Crippen LogP contribution in [0.25, 0.3) is 0 Å². The SMILES string of the molecule is COc1ccc(CN2C(=O)[C@@H](NC(=O)O)[C@H]2Cn2ncc(C(C)O[Si](c3ccccc3)(c3ccccc3)C(C)(C)C)n2)c(OC)c1. The minimum Gasteiger partial charge on any atom is -0.497 e. The summed E-state index contributed by atoms with van der Waals surface area (Å²) in [6, 6.07) is 24.7. The van der Waals surface area contributed by atoms with E-state index < -0.39 is 32.6 Å². The molecule has 2 N–H and O–H groups in total. The Morgan fingerprint density at radius 3 is 2.17 bits per heavy atom. The molecule has 0 bridgehead atoms. The highest BCUT2D eigenvalue weighted by molar-refractivity contribution is 6.99. The number of hydrogen-bond acceptors (Lipinski definition) is 7. The summed E-state index contributed by atoms with van der Waals surface area (Å²) in [6.45, 7) is 9.05. The second-order valence-corrected chi connectivity index (χ2v) is 16.6. The van der Waals surface area contributed by atoms with Crippen LogP contribution in [0.4, 0.5) is 4.79 Å². The number of carbonyl (C=O) groups excluding carboxylic acids is 1. The van der Waals surface area contributed by atoms with Crippen molar-refractivity contribution in [2.45, 2.75) is 64.0 Å². The Morgan fingerprint density at radius 2 is 1.63 bits per heavy atom. The molecule has 0 aliphatic carbocycles. The lowest BCUT2D eigenvalue weighted by atomic mass is 9.94. The molecule has 46 heavy (non-hydrogen) atoms. The van der Waals surface area contributed by atoms with Gasteiger partial charge in [-0.25, -0.2) is 4.79 Å². The number of carbonyl (C=O) groups is 2. The predicted octanol–water partition coefficient (Wildman–Crippen LogP) is 3.98. The van der Waals surface area contributed by atoms with Gasteiger partial charge in [-0.1, -0.05) is 81.4 Å². The quantitative estimate of drug-likeness (QED) is 0.175. The Bertz CT molecular complexity index is 1620. The van der Waals surface area contributed by atoms with Gasteiger partial charge in [-0.15, -0.1) is 0 Å². The molecule has 1 aromatic heterocycles. The summed E-state index contributed by atoms with van der Waals surface area (Å²) in [6.07, 6.45) is 0.00143. The third kappa shape index (κ3) is 6.35. The first kappa shape index (κ1) is 32.7. The third-order valence-electron chi connectivity index (χ3n) is 8.54. The van der Waals surface area contributed by atoms with E-state index in [4.69, 9.17) is 19.0 Å². The number of rotatable bonds is 12. The number of β-lactam (4-membered cyclic amide) rings is 1. The second kappa shape index (κ2) is 13.4. The first-order valence-electron chi connectivity index (χ1n) is 15.2. The van der Waals surface area contributed by atoms with Crippen LogP contribution in [0.5, 0.6) is 11.5 Å². The van der Waals surface area contributed by atoms with Gasteiger partial charge in [0.15, 0.2) is 0 Å². The van der Waals surface area contributed by atoms with Crippen LogP contribution >= 0.6 is 0 Å². The lowest BCUT2D eigenvalue weighted by Gasteiger charge is -2.46. The van der Waals surface area contributed by atoms with Gasteiger partial charge in [-0.3, -0.25) is 4.79 Å². The van der Waals surface area contributed by atoms with E-state index in [1.54, 1.807) is 37.4 Å². The van der Waals surface area contributed by atoms with Crippen LogP contribution in [-0.2, 0) is 22.3 Å². The summed E-state index contributed by atoms with van der Waals surface area (Å²) < 4.78 is 18.0. The van der Waals surface area contributed by atoms with Gasteiger partial charge < -0.3 is 29.2 Å². The number of amides is 2. The standard InChI is InChI=1S/C34H41N5O6Si/c1-23(45-46(34(2,3)4,26-13-9-7-10-14-26)27-15-11-8-12-16-27)28-20-35-39(37-28)22-29-31(36-33(41)42)32(40)38(29)21-24-17-18-25(43-5)19-30(24)44-6/h7-20,23,29,31,36H,21-22H2,1-6H3,(H,41,42)/t23?,29-,31+/m1/s1. The van der Waals surface area contributed by atoms with Crippen molar-refractivity contribution < 1.29 is 28.6 Å². The first-order valence-corrected chi connectivity index (χ1v) is 17.1. The number of hydrogen-bond donors (Lipinski definition) is 2. The first-order chi connectivity index (χ1) is 22.0. The van der Waals surface area contributed by atoms with Gasteiger partial charge in [-0.2, -0.15) is 15.0 Å². The topological polar surface area (TPSA) is 128 Å². The van der Waals surface area contributed by atoms with Gasteiger partial charge in [-0.05, 0) is 34.5 Å². The molecule has 2 heterocycles. The molecule has 1 fully saturated rings. The number of nitrogens with zero attached hydrogens (tertiary/aromatic N) is 4. The molecule has 1 saturated heterocycles. The van der Waals surface area contributed by atoms with Gasteiger partial charge in [0.05, 0.1) is 39.1 Å². The van der Waals surface area contributed by atoms with Crippen LogP contribution in [0.1, 0.15) is 45.1 Å². The fourth-order valence-corrected chi connectivity index (χ4v) is 10.9. The van der Waals surface area contributed by atoms with E-state index in [0.29, 0.717) is 17.2 Å². The lowest BCUT2D eigenvalue weighted by molar-refractivity contribution is -0.153. The Balaban J connectivity index is 1.41. The molecule has 2 amide bonds. The van der Waals surface area contributed by atoms with E-state index >= 15 is 0 Å². The number of aromatic nitrogens is 3. The van der Waals surface area contributed by atoms with Crippen molar-refractivity contribution in [2.75, 3.05) is 14.2 Å². The minimum absolute atomic E-state index is 0.182. The summed E-state index contributed by atoms with van der Waals surface area (Å²) in [5.41, 5.74) is 1.40. The fourth-order valence-electron chi connectivity index (χ4n) is 6.23. The summed E-state index contributed by atoms with van der Waals surface area (Å²) in [7, 11) is 0.268. The van der Waals surface area contributed by atoms with Crippen molar-refractivity contribution >= 4 is 30.7 Å². The molecule has 0 saturated carbocycles. The molecule has 3 aromatic carbocycles. The molecule has 0 spiro atoms. The highest BCUT2D eigenvalue weighted by Crippen LogP contribution is 2.39. The third-order valence-corrected chi connectivity index (χ3v) is 13.7. The Kier molecular flexibility index (Phi) is 9.49. The minimum atomic E-state index is -2.85. The molecule has 5 rings (SSSR count). The highest BCUT2D eigenvalue weighted by atomic mass is 28.4. The lowest BCUT2D eigenvalue weighted by Crippen LogP contribution is -2.71. The average Bonchev–Trinajstić information content (AvgIpc) is 3.53. The Morgan fingerprint density at radius 1 is 1.00 bits per heavy atom. The van der Waals surface area contributed by atoms with Crippen LogP contribution in [-0.4, -0.2) is 71.6 Å². The fraction of sp³-hybridized carbons (Fsp3) is 0.353. The molecule has 242 valence electrons. The van der Waals surface area contributed by atoms with E-state index in [1.807, 2.05) is 49.4 Å². The van der Waals surface area contributed by atoms with E-state index in [0.717, 1.165) is 15.9 Å². The van der Waals surface area contributed by atoms with Crippen LogP contribution in [0.15, 0.2) is 85.1 Å². The van der Waals surface area contributed by atoms with Crippen LogP contribution in [0.2, 0.25) is 5.04 Å². The molecule has 0 radical (unpaired) electrons. The highest BCUT2D eigenvalue weighted by Gasteiger charge is 2.52. The summed E-state index contributed by atoms with van der Waals surface area (Å²) in [4.78, 5) is 27.8. The van der Waals surface area contributed by atoms with E-state index in [-0.39, 0.29) is 24.0 Å². The molecule has 11 nitrogen and oxygen atoms in total. The zero-order chi connectivity index (χ0) is 33.1. The zero-order valence-corrected chi connectivity index (χ0v) is 28.0. The number of ether oxygens (including phenoxy) is 2. The molecular weight excluding hydrogens is 602 g/mol. The van der Waals surface area contributed by atoms with Crippen LogP contribution in [0, 0.1) is 0 Å². The smallest absolute Gasteiger partial charge is 0.405 e. The van der Waals surface area contributed by atoms with Crippen molar-refractivity contribution in [3.63, 3.8) is 0 Å². The number of methoxy groups -OCH3 is 2. The summed E-state index contributed by atoms with van der Waals surface area (Å²) in [5, 5.41) is 23.2. The van der Waals surface area contributed by atoms with Gasteiger partial charge in [0.25, 0.3) is 8.32 Å². The molecular formula is C34H41N5O6Si. The number of carboxylic acid groups (broad SMARTS) is 1. The number of benzene rings is 3. The van der Waals surface area contributed by atoms with Crippen molar-refractivity contribution in [3.05, 3.63) is 96.3 Å². The van der Waals surface area contributed by atoms with E-state index in [9.17, 15) is 14.7 Å². The molecule has 1 unspecified atom stereocenters. The van der Waals surface area contributed by atoms with Gasteiger partial charge in [0, 0.05) is 18.2 Å². The van der Waals surface area contributed by atoms with E-state index in [2.05, 4.69) is 55.5 Å². The van der Waals surface area contributed by atoms with Crippen LogP contribution < -0.4 is 25.2 Å². The van der Waals surface area contributed by atoms with Crippen molar-refractivity contribution in [3.8, 4) is 11.5 Å². The van der Waals surface area contributed by atoms with Crippen molar-refractivity contribution in [2.24, 2.45) is 0 Å². The second-order valence-electron chi connectivity index (χ2n) is 12.4. The van der Waals surface area contributed by atoms with Gasteiger partial charge in [0.1, 0.15) is 23.2 Å². The number of likely N-dealkylation sites (tertiary alicyclic amines) is 1. The molecule has 1 aliphatic heterocycles. The summed E-state index contributed by atoms with van der Waals surface area (Å²) in [5.74, 6) is 0.857. The largest absolute Gasteiger partial charge is 0.497 e. The Labute approximate surface area is 270 Å². The molecule has 3 atom stereocenters. The van der Waals surface area contributed by atoms with Crippen molar-refractivity contribution in [1.29, 1.82) is 0 Å².